The normalized spacial score (nSPS) is 9.93. The molecule has 76 valence electrons. The van der Waals surface area contributed by atoms with Crippen LogP contribution >= 0.6 is 27.5 Å². The van der Waals surface area contributed by atoms with E-state index in [0.29, 0.717) is 28.1 Å². The molecule has 5 heteroatoms. The van der Waals surface area contributed by atoms with E-state index in [1.165, 1.54) is 0 Å². The molecular formula is C9H10BrClN2O. The summed E-state index contributed by atoms with van der Waals surface area (Å²) in [5.41, 5.74) is 5.83. The highest BCUT2D eigenvalue weighted by atomic mass is 79.9. The number of hydrogen-bond acceptors (Lipinski definition) is 2. The van der Waals surface area contributed by atoms with Crippen LogP contribution in [0.5, 0.6) is 0 Å². The molecule has 1 rings (SSSR count). The Morgan fingerprint density at radius 3 is 2.86 bits per heavy atom. The summed E-state index contributed by atoms with van der Waals surface area (Å²) < 4.78 is 0.708. The first kappa shape index (κ1) is 11.5. The van der Waals surface area contributed by atoms with Crippen molar-refractivity contribution in [2.45, 2.75) is 0 Å². The molecule has 0 bridgehead atoms. The lowest BCUT2D eigenvalue weighted by Crippen LogP contribution is -2.28. The minimum Gasteiger partial charge on any atom is -0.351 e. The zero-order valence-corrected chi connectivity index (χ0v) is 9.73. The quantitative estimate of drug-likeness (QED) is 0.885. The first-order chi connectivity index (χ1) is 6.65. The van der Waals surface area contributed by atoms with Crippen molar-refractivity contribution in [2.24, 2.45) is 5.73 Å². The second-order valence-electron chi connectivity index (χ2n) is 2.67. The second-order valence-corrected chi connectivity index (χ2v) is 3.94. The summed E-state index contributed by atoms with van der Waals surface area (Å²) in [6.07, 6.45) is 0. The summed E-state index contributed by atoms with van der Waals surface area (Å²) in [6.45, 7) is 0.902. The van der Waals surface area contributed by atoms with Crippen LogP contribution in [0.4, 0.5) is 0 Å². The molecule has 0 fully saturated rings. The maximum atomic E-state index is 11.4. The number of nitrogens with one attached hydrogen (secondary N) is 1. The topological polar surface area (TPSA) is 55.1 Å². The van der Waals surface area contributed by atoms with E-state index in [4.69, 9.17) is 17.3 Å². The van der Waals surface area contributed by atoms with E-state index < -0.39 is 0 Å². The van der Waals surface area contributed by atoms with Gasteiger partial charge in [0.2, 0.25) is 0 Å². The number of carbonyl (C=O) groups is 1. The molecule has 0 spiro atoms. The SMILES string of the molecule is NCCNC(=O)c1ccc(Cl)c(Br)c1. The van der Waals surface area contributed by atoms with E-state index >= 15 is 0 Å². The third-order valence-corrected chi connectivity index (χ3v) is 2.83. The molecule has 14 heavy (non-hydrogen) atoms. The van der Waals surface area contributed by atoms with Gasteiger partial charge in [-0.05, 0) is 34.1 Å². The van der Waals surface area contributed by atoms with Gasteiger partial charge in [-0.3, -0.25) is 4.79 Å². The summed E-state index contributed by atoms with van der Waals surface area (Å²) in [6, 6.07) is 5.01. The number of carbonyl (C=O) groups excluding carboxylic acids is 1. The number of benzene rings is 1. The van der Waals surface area contributed by atoms with Crippen molar-refractivity contribution >= 4 is 33.4 Å². The fraction of sp³-hybridized carbons (Fsp3) is 0.222. The van der Waals surface area contributed by atoms with Crippen molar-refractivity contribution < 1.29 is 4.79 Å². The molecule has 0 atom stereocenters. The third kappa shape index (κ3) is 2.97. The molecule has 0 aliphatic heterocycles. The van der Waals surface area contributed by atoms with Crippen molar-refractivity contribution in [3.05, 3.63) is 33.3 Å². The van der Waals surface area contributed by atoms with Gasteiger partial charge in [-0.25, -0.2) is 0 Å². The highest BCUT2D eigenvalue weighted by Crippen LogP contribution is 2.22. The van der Waals surface area contributed by atoms with Crippen molar-refractivity contribution in [1.82, 2.24) is 5.32 Å². The van der Waals surface area contributed by atoms with E-state index in [-0.39, 0.29) is 5.91 Å². The molecule has 3 nitrogen and oxygen atoms in total. The van der Waals surface area contributed by atoms with Crippen LogP contribution in [0.1, 0.15) is 10.4 Å². The van der Waals surface area contributed by atoms with Crippen molar-refractivity contribution in [1.29, 1.82) is 0 Å². The molecular weight excluding hydrogens is 267 g/mol. The van der Waals surface area contributed by atoms with Gasteiger partial charge in [-0.15, -0.1) is 0 Å². The van der Waals surface area contributed by atoms with Crippen LogP contribution in [-0.2, 0) is 0 Å². The standard InChI is InChI=1S/C9H10BrClN2O/c10-7-5-6(1-2-8(7)11)9(14)13-4-3-12/h1-2,5H,3-4,12H2,(H,13,14). The van der Waals surface area contributed by atoms with Crippen LogP contribution in [0.3, 0.4) is 0 Å². The van der Waals surface area contributed by atoms with E-state index in [0.717, 1.165) is 0 Å². The average Bonchev–Trinajstić information content (AvgIpc) is 2.18. The number of amides is 1. The number of halogens is 2. The Balaban J connectivity index is 2.76. The lowest BCUT2D eigenvalue weighted by molar-refractivity contribution is 0.0954. The van der Waals surface area contributed by atoms with E-state index in [1.807, 2.05) is 0 Å². The van der Waals surface area contributed by atoms with Crippen LogP contribution in [0.2, 0.25) is 5.02 Å². The summed E-state index contributed by atoms with van der Waals surface area (Å²) in [7, 11) is 0. The number of rotatable bonds is 3. The molecule has 0 aliphatic rings. The van der Waals surface area contributed by atoms with Gasteiger partial charge in [0, 0.05) is 23.1 Å². The lowest BCUT2D eigenvalue weighted by Gasteiger charge is -2.04. The molecule has 0 aliphatic carbocycles. The number of hydrogen-bond donors (Lipinski definition) is 2. The van der Waals surface area contributed by atoms with Gasteiger partial charge in [0.15, 0.2) is 0 Å². The van der Waals surface area contributed by atoms with Crippen molar-refractivity contribution in [3.8, 4) is 0 Å². The molecule has 1 aromatic rings. The Hall–Kier alpha value is -0.580. The van der Waals surface area contributed by atoms with E-state index in [1.54, 1.807) is 18.2 Å². The maximum absolute atomic E-state index is 11.4. The molecule has 0 saturated carbocycles. The average molecular weight is 278 g/mol. The van der Waals surface area contributed by atoms with Gasteiger partial charge in [-0.1, -0.05) is 11.6 Å². The highest BCUT2D eigenvalue weighted by Gasteiger charge is 2.06. The highest BCUT2D eigenvalue weighted by molar-refractivity contribution is 9.10. The van der Waals surface area contributed by atoms with Crippen molar-refractivity contribution in [2.75, 3.05) is 13.1 Å². The minimum absolute atomic E-state index is 0.146. The van der Waals surface area contributed by atoms with Crippen LogP contribution in [-0.4, -0.2) is 19.0 Å². The zero-order valence-electron chi connectivity index (χ0n) is 7.39. The Bertz CT molecular complexity index is 344. The predicted octanol–water partition coefficient (Wildman–Crippen LogP) is 1.79. The third-order valence-electron chi connectivity index (χ3n) is 1.61. The van der Waals surface area contributed by atoms with Gasteiger partial charge in [-0.2, -0.15) is 0 Å². The van der Waals surface area contributed by atoms with Crippen LogP contribution in [0.25, 0.3) is 0 Å². The molecule has 0 radical (unpaired) electrons. The largest absolute Gasteiger partial charge is 0.351 e. The van der Waals surface area contributed by atoms with E-state index in [2.05, 4.69) is 21.2 Å². The molecule has 1 amide bonds. The first-order valence-electron chi connectivity index (χ1n) is 4.08. The monoisotopic (exact) mass is 276 g/mol. The predicted molar refractivity (Wildman–Crippen MR) is 60.5 cm³/mol. The number of nitrogens with two attached hydrogens (primary N) is 1. The summed E-state index contributed by atoms with van der Waals surface area (Å²) in [4.78, 5) is 11.4. The first-order valence-corrected chi connectivity index (χ1v) is 5.25. The van der Waals surface area contributed by atoms with E-state index in [9.17, 15) is 4.79 Å². The molecule has 0 heterocycles. The van der Waals surface area contributed by atoms with Gasteiger partial charge < -0.3 is 11.1 Å². The Morgan fingerprint density at radius 1 is 1.57 bits per heavy atom. The second kappa shape index (κ2) is 5.34. The molecule has 3 N–H and O–H groups in total. The lowest BCUT2D eigenvalue weighted by atomic mass is 10.2. The van der Waals surface area contributed by atoms with Crippen LogP contribution < -0.4 is 11.1 Å². The Labute approximate surface area is 95.7 Å². The van der Waals surface area contributed by atoms with Gasteiger partial charge in [0.25, 0.3) is 5.91 Å². The van der Waals surface area contributed by atoms with Crippen molar-refractivity contribution in [3.63, 3.8) is 0 Å². The van der Waals surface area contributed by atoms with Crippen LogP contribution in [0, 0.1) is 0 Å². The summed E-state index contributed by atoms with van der Waals surface area (Å²) >= 11 is 9.04. The molecule has 1 aromatic carbocycles. The summed E-state index contributed by atoms with van der Waals surface area (Å²) in [5, 5.41) is 3.25. The minimum atomic E-state index is -0.146. The Kier molecular flexibility index (Phi) is 4.38. The summed E-state index contributed by atoms with van der Waals surface area (Å²) in [5.74, 6) is -0.146. The zero-order chi connectivity index (χ0) is 10.6. The molecule has 0 unspecified atom stereocenters. The fourth-order valence-corrected chi connectivity index (χ4v) is 1.42. The maximum Gasteiger partial charge on any atom is 0.251 e. The van der Waals surface area contributed by atoms with Gasteiger partial charge in [0.1, 0.15) is 0 Å². The molecule has 0 saturated heterocycles. The van der Waals surface area contributed by atoms with Gasteiger partial charge in [0.05, 0.1) is 5.02 Å². The molecule has 0 aromatic heterocycles. The van der Waals surface area contributed by atoms with Gasteiger partial charge >= 0.3 is 0 Å². The van der Waals surface area contributed by atoms with Crippen LogP contribution in [0.15, 0.2) is 22.7 Å². The fourth-order valence-electron chi connectivity index (χ4n) is 0.925. The smallest absolute Gasteiger partial charge is 0.251 e. The Morgan fingerprint density at radius 2 is 2.29 bits per heavy atom.